The summed E-state index contributed by atoms with van der Waals surface area (Å²) in [5, 5.41) is 0. The van der Waals surface area contributed by atoms with Crippen molar-refractivity contribution < 1.29 is 27.7 Å². The summed E-state index contributed by atoms with van der Waals surface area (Å²) in [6.45, 7) is 12.6. The van der Waals surface area contributed by atoms with Crippen LogP contribution in [0.3, 0.4) is 0 Å². The molecule has 8 heteroatoms. The summed E-state index contributed by atoms with van der Waals surface area (Å²) in [5.74, 6) is 0.664. The summed E-state index contributed by atoms with van der Waals surface area (Å²) in [6.07, 6.45) is 0.204. The van der Waals surface area contributed by atoms with Crippen LogP contribution < -0.4 is 10.2 Å². The zero-order valence-corrected chi connectivity index (χ0v) is 17.5. The van der Waals surface area contributed by atoms with Crippen molar-refractivity contribution in [2.75, 3.05) is 26.0 Å². The van der Waals surface area contributed by atoms with Crippen molar-refractivity contribution in [2.24, 2.45) is 0 Å². The molecule has 1 saturated heterocycles. The van der Waals surface area contributed by atoms with Gasteiger partial charge in [-0.15, -0.1) is 0 Å². The van der Waals surface area contributed by atoms with Crippen LogP contribution in [0.25, 0.3) is 0 Å². The molecule has 1 heterocycles. The minimum absolute atomic E-state index is 0.204. The quantitative estimate of drug-likeness (QED) is 0.479. The highest BCUT2D eigenvalue weighted by atomic mass is 31.2. The zero-order chi connectivity index (χ0) is 19.4. The van der Waals surface area contributed by atoms with Crippen molar-refractivity contribution in [3.63, 3.8) is 0 Å². The Morgan fingerprint density at radius 1 is 1.04 bits per heavy atom. The average molecular weight is 384 g/mol. The molecule has 1 aliphatic heterocycles. The van der Waals surface area contributed by atoms with Gasteiger partial charge in [0.05, 0.1) is 37.2 Å². The van der Waals surface area contributed by atoms with Gasteiger partial charge < -0.3 is 23.1 Å². The molecule has 0 aromatic heterocycles. The molecule has 0 atom stereocenters. The fourth-order valence-electron chi connectivity index (χ4n) is 2.57. The Morgan fingerprint density at radius 3 is 2.15 bits per heavy atom. The number of ether oxygens (including phenoxy) is 1. The van der Waals surface area contributed by atoms with Crippen LogP contribution in [-0.4, -0.2) is 44.3 Å². The Morgan fingerprint density at radius 2 is 1.62 bits per heavy atom. The third-order valence-corrected chi connectivity index (χ3v) is 6.70. The summed E-state index contributed by atoms with van der Waals surface area (Å²) in [6, 6.07) is 7.57. The van der Waals surface area contributed by atoms with Crippen molar-refractivity contribution in [3.05, 3.63) is 24.3 Å². The van der Waals surface area contributed by atoms with E-state index < -0.39 is 25.9 Å². The molecule has 0 spiro atoms. The van der Waals surface area contributed by atoms with E-state index in [1.165, 1.54) is 0 Å². The molecule has 2 rings (SSSR count). The monoisotopic (exact) mass is 384 g/mol. The van der Waals surface area contributed by atoms with Gasteiger partial charge in [0, 0.05) is 0 Å². The van der Waals surface area contributed by atoms with E-state index in [1.807, 2.05) is 52.0 Å². The second kappa shape index (κ2) is 8.45. The number of rotatable bonds is 9. The summed E-state index contributed by atoms with van der Waals surface area (Å²) >= 11 is 0. The van der Waals surface area contributed by atoms with Crippen molar-refractivity contribution in [1.29, 1.82) is 0 Å². The Balaban J connectivity index is 1.99. The van der Waals surface area contributed by atoms with E-state index >= 15 is 0 Å². The Labute approximate surface area is 157 Å². The lowest BCUT2D eigenvalue weighted by Gasteiger charge is -2.32. The van der Waals surface area contributed by atoms with E-state index in [2.05, 4.69) is 0 Å². The highest BCUT2D eigenvalue weighted by Crippen LogP contribution is 2.47. The normalized spacial score (nSPS) is 18.9. The van der Waals surface area contributed by atoms with E-state index in [4.69, 9.17) is 23.1 Å². The van der Waals surface area contributed by atoms with Gasteiger partial charge in [0.1, 0.15) is 5.75 Å². The molecular weight excluding hydrogens is 354 g/mol. The van der Waals surface area contributed by atoms with E-state index in [1.54, 1.807) is 13.8 Å². The van der Waals surface area contributed by atoms with Crippen molar-refractivity contribution >= 4 is 20.2 Å². The molecule has 1 aromatic rings. The lowest BCUT2D eigenvalue weighted by atomic mass is 9.79. The fraction of sp³-hybridized carbons (Fsp3) is 0.667. The molecular formula is C18H30BO6P. The van der Waals surface area contributed by atoms with Gasteiger partial charge in [-0.25, -0.2) is 0 Å². The molecule has 1 fully saturated rings. The molecule has 0 bridgehead atoms. The predicted octanol–water partition coefficient (Wildman–Crippen LogP) is 3.63. The molecule has 0 amide bonds. The van der Waals surface area contributed by atoms with Crippen molar-refractivity contribution in [3.8, 4) is 5.75 Å². The second-order valence-electron chi connectivity index (χ2n) is 7.18. The molecule has 0 radical (unpaired) electrons. The van der Waals surface area contributed by atoms with E-state index in [0.717, 1.165) is 5.46 Å². The number of hydrogen-bond donors (Lipinski definition) is 0. The van der Waals surface area contributed by atoms with E-state index in [0.29, 0.717) is 19.0 Å². The maximum atomic E-state index is 12.5. The van der Waals surface area contributed by atoms with Crippen LogP contribution in [0.4, 0.5) is 0 Å². The lowest BCUT2D eigenvalue weighted by molar-refractivity contribution is 0.00578. The number of hydrogen-bond acceptors (Lipinski definition) is 6. The molecule has 0 unspecified atom stereocenters. The van der Waals surface area contributed by atoms with Crippen LogP contribution in [0, 0.1) is 0 Å². The topological polar surface area (TPSA) is 63.2 Å². The minimum atomic E-state index is -3.10. The third kappa shape index (κ3) is 5.11. The highest BCUT2D eigenvalue weighted by Gasteiger charge is 2.51. The van der Waals surface area contributed by atoms with Gasteiger partial charge in [0.25, 0.3) is 0 Å². The second-order valence-corrected chi connectivity index (χ2v) is 9.36. The van der Waals surface area contributed by atoms with Gasteiger partial charge >= 0.3 is 14.7 Å². The maximum absolute atomic E-state index is 12.5. The van der Waals surface area contributed by atoms with Crippen LogP contribution in [0.15, 0.2) is 24.3 Å². The summed E-state index contributed by atoms with van der Waals surface area (Å²) < 4.78 is 40.9. The molecule has 1 aliphatic rings. The summed E-state index contributed by atoms with van der Waals surface area (Å²) in [4.78, 5) is 0. The lowest BCUT2D eigenvalue weighted by Crippen LogP contribution is -2.41. The molecule has 0 N–H and O–H groups in total. The Kier molecular flexibility index (Phi) is 6.97. The van der Waals surface area contributed by atoms with Crippen molar-refractivity contribution in [2.45, 2.75) is 52.7 Å². The largest absolute Gasteiger partial charge is 0.494 e. The van der Waals surface area contributed by atoms with Gasteiger partial charge in [-0.2, -0.15) is 0 Å². The van der Waals surface area contributed by atoms with Gasteiger partial charge in [-0.3, -0.25) is 4.57 Å². The van der Waals surface area contributed by atoms with Crippen LogP contribution in [0.1, 0.15) is 41.5 Å². The summed E-state index contributed by atoms with van der Waals surface area (Å²) in [5.41, 5.74) is 0.103. The first-order valence-electron chi connectivity index (χ1n) is 9.09. The first kappa shape index (κ1) is 21.5. The molecule has 146 valence electrons. The van der Waals surface area contributed by atoms with Crippen LogP contribution in [0.2, 0.25) is 0 Å². The SMILES string of the molecule is CCOP(=O)(CCOc1cccc(B2OC(C)(C)C(C)(C)O2)c1)OCC. The molecule has 0 saturated carbocycles. The van der Waals surface area contributed by atoms with Gasteiger partial charge in [-0.05, 0) is 59.1 Å². The smallest absolute Gasteiger partial charge is 0.493 e. The van der Waals surface area contributed by atoms with Gasteiger partial charge in [0.2, 0.25) is 0 Å². The predicted molar refractivity (Wildman–Crippen MR) is 103 cm³/mol. The first-order chi connectivity index (χ1) is 12.1. The van der Waals surface area contributed by atoms with Gasteiger partial charge in [0.15, 0.2) is 0 Å². The number of benzene rings is 1. The average Bonchev–Trinajstić information content (AvgIpc) is 2.76. The maximum Gasteiger partial charge on any atom is 0.494 e. The molecule has 6 nitrogen and oxygen atoms in total. The fourth-order valence-corrected chi connectivity index (χ4v) is 4.00. The minimum Gasteiger partial charge on any atom is -0.493 e. The van der Waals surface area contributed by atoms with Gasteiger partial charge in [-0.1, -0.05) is 12.1 Å². The van der Waals surface area contributed by atoms with E-state index in [9.17, 15) is 4.57 Å². The summed E-state index contributed by atoms with van der Waals surface area (Å²) in [7, 11) is -3.54. The third-order valence-electron chi connectivity index (χ3n) is 4.67. The van der Waals surface area contributed by atoms with Crippen LogP contribution in [0.5, 0.6) is 5.75 Å². The highest BCUT2D eigenvalue weighted by molar-refractivity contribution is 7.53. The van der Waals surface area contributed by atoms with Crippen LogP contribution >= 0.6 is 7.60 Å². The molecule has 1 aromatic carbocycles. The molecule has 26 heavy (non-hydrogen) atoms. The van der Waals surface area contributed by atoms with Crippen LogP contribution in [-0.2, 0) is 22.9 Å². The standard InChI is InChI=1S/C18H30BO6P/c1-7-22-26(20,23-8-2)13-12-21-16-11-9-10-15(14-16)19-24-17(3,4)18(5,6)25-19/h9-11,14H,7-8,12-13H2,1-6H3. The zero-order valence-electron chi connectivity index (χ0n) is 16.6. The Bertz CT molecular complexity index is 622. The molecule has 0 aliphatic carbocycles. The van der Waals surface area contributed by atoms with E-state index in [-0.39, 0.29) is 12.8 Å². The van der Waals surface area contributed by atoms with Crippen molar-refractivity contribution in [1.82, 2.24) is 0 Å². The first-order valence-corrected chi connectivity index (χ1v) is 10.8. The Hall–Kier alpha value is -0.845.